The standard InChI is InChI=1S/C46H56N2O10/c1-45(2,3)57-40(50)19-17-35(26-49)48-43(52)30-8-5-7-29(21-30)25-47-42(51)32-23-38(41-39(24-32)56-46(58-41,33-13-14-33)34-15-16-34)55-44(53)31-9-4-6-27(20-31)10-11-28-12-18-36-37(22-28)54-36/h4-11,20-21,24,28,33-39,41,49H,12-19,22-23,25-26H2,1-3H3,(H,47,51)(H,48,52). The molecule has 2 heterocycles. The summed E-state index contributed by atoms with van der Waals surface area (Å²) in [6, 6.07) is 13.6. The molecule has 7 atom stereocenters. The van der Waals surface area contributed by atoms with Crippen molar-refractivity contribution in [2.75, 3.05) is 6.61 Å². The molecule has 2 aliphatic heterocycles. The first-order chi connectivity index (χ1) is 27.9. The maximum atomic E-state index is 13.8. The van der Waals surface area contributed by atoms with E-state index in [4.69, 9.17) is 23.7 Å². The molecule has 12 heteroatoms. The number of aliphatic hydroxyl groups is 1. The van der Waals surface area contributed by atoms with Gasteiger partial charge in [-0.3, -0.25) is 14.4 Å². The average Bonchev–Trinajstić information content (AvgIpc) is 4.07. The summed E-state index contributed by atoms with van der Waals surface area (Å²) in [6.45, 7) is 5.15. The summed E-state index contributed by atoms with van der Waals surface area (Å²) in [6.07, 6.45) is 12.9. The topological polar surface area (TPSA) is 162 Å². The number of allylic oxidation sites excluding steroid dienone is 1. The Kier molecular flexibility index (Phi) is 11.6. The number of amides is 2. The highest BCUT2D eigenvalue weighted by Gasteiger charge is 2.64. The first-order valence-corrected chi connectivity index (χ1v) is 21.1. The molecule has 6 aliphatic rings. The van der Waals surface area contributed by atoms with Crippen molar-refractivity contribution in [1.29, 1.82) is 0 Å². The van der Waals surface area contributed by atoms with Crippen LogP contribution in [0.5, 0.6) is 0 Å². The van der Waals surface area contributed by atoms with Crippen LogP contribution in [-0.4, -0.2) is 83.4 Å². The van der Waals surface area contributed by atoms with E-state index in [-0.39, 0.29) is 38.3 Å². The number of esters is 2. The van der Waals surface area contributed by atoms with Crippen molar-refractivity contribution in [3.05, 3.63) is 88.5 Å². The van der Waals surface area contributed by atoms with Crippen molar-refractivity contribution < 1.29 is 48.0 Å². The molecule has 0 bridgehead atoms. The summed E-state index contributed by atoms with van der Waals surface area (Å²) < 4.78 is 30.8. The molecule has 4 aliphatic carbocycles. The third-order valence-electron chi connectivity index (χ3n) is 12.0. The van der Waals surface area contributed by atoms with Gasteiger partial charge >= 0.3 is 11.9 Å². The number of ether oxygens (including phenoxy) is 5. The van der Waals surface area contributed by atoms with E-state index in [1.54, 1.807) is 45.0 Å². The van der Waals surface area contributed by atoms with Crippen LogP contribution in [0, 0.1) is 17.8 Å². The van der Waals surface area contributed by atoms with E-state index in [1.165, 1.54) is 0 Å². The Morgan fingerprint density at radius 2 is 1.69 bits per heavy atom. The normalized spacial score (nSPS) is 27.8. The number of aliphatic hydroxyl groups excluding tert-OH is 1. The second-order valence-electron chi connectivity index (χ2n) is 17.9. The van der Waals surface area contributed by atoms with Gasteiger partial charge in [0.05, 0.1) is 30.4 Å². The number of hydrogen-bond donors (Lipinski definition) is 3. The lowest BCUT2D eigenvalue weighted by molar-refractivity contribution is -0.209. The number of nitrogens with one attached hydrogen (secondary N) is 2. The Labute approximate surface area is 340 Å². The summed E-state index contributed by atoms with van der Waals surface area (Å²) in [4.78, 5) is 52.9. The zero-order valence-corrected chi connectivity index (χ0v) is 33.7. The number of epoxide rings is 1. The molecule has 310 valence electrons. The van der Waals surface area contributed by atoms with Gasteiger partial charge < -0.3 is 39.4 Å². The van der Waals surface area contributed by atoms with Crippen molar-refractivity contribution in [1.82, 2.24) is 10.6 Å². The van der Waals surface area contributed by atoms with Gasteiger partial charge in [-0.05, 0) is 120 Å². The van der Waals surface area contributed by atoms with Crippen molar-refractivity contribution in [2.24, 2.45) is 17.8 Å². The SMILES string of the molecule is CC(C)(C)OC(=O)CCC(CO)NC(=O)c1cccc(CNC(=O)C2=CC3OC(C4CC4)(C4CC4)OC3C(OC(=O)c3cccc(C=CC4CCC5OC5C4)c3)C2)c1. The lowest BCUT2D eigenvalue weighted by Gasteiger charge is -2.31. The number of carbonyl (C=O) groups is 4. The Morgan fingerprint density at radius 3 is 2.41 bits per heavy atom. The molecule has 2 aromatic rings. The molecule has 2 saturated heterocycles. The molecule has 2 amide bonds. The van der Waals surface area contributed by atoms with Gasteiger partial charge in [0, 0.05) is 42.4 Å². The highest BCUT2D eigenvalue weighted by molar-refractivity contribution is 5.95. The zero-order valence-electron chi connectivity index (χ0n) is 33.7. The summed E-state index contributed by atoms with van der Waals surface area (Å²) >= 11 is 0. The molecule has 0 radical (unpaired) electrons. The van der Waals surface area contributed by atoms with Crippen LogP contribution >= 0.6 is 0 Å². The predicted molar refractivity (Wildman–Crippen MR) is 213 cm³/mol. The van der Waals surface area contributed by atoms with Gasteiger partial charge in [-0.2, -0.15) is 0 Å². The molecular weight excluding hydrogens is 741 g/mol. The summed E-state index contributed by atoms with van der Waals surface area (Å²) in [5.74, 6) is -1.29. The Balaban J connectivity index is 0.910. The smallest absolute Gasteiger partial charge is 0.338 e. The van der Waals surface area contributed by atoms with Crippen LogP contribution in [0.4, 0.5) is 0 Å². The Bertz CT molecular complexity index is 1930. The maximum absolute atomic E-state index is 13.8. The van der Waals surface area contributed by atoms with Crippen LogP contribution in [0.2, 0.25) is 0 Å². The van der Waals surface area contributed by atoms with Crippen LogP contribution in [0.25, 0.3) is 6.08 Å². The largest absolute Gasteiger partial charge is 0.460 e. The third kappa shape index (κ3) is 9.73. The van der Waals surface area contributed by atoms with E-state index >= 15 is 0 Å². The van der Waals surface area contributed by atoms with Gasteiger partial charge in [0.15, 0.2) is 5.79 Å². The summed E-state index contributed by atoms with van der Waals surface area (Å²) in [5, 5.41) is 15.6. The number of hydrogen-bond acceptors (Lipinski definition) is 10. The highest BCUT2D eigenvalue weighted by atomic mass is 16.8. The van der Waals surface area contributed by atoms with Gasteiger partial charge in [0.2, 0.25) is 5.91 Å². The lowest BCUT2D eigenvalue weighted by Crippen LogP contribution is -2.44. The molecule has 0 aromatic heterocycles. The van der Waals surface area contributed by atoms with Crippen LogP contribution in [0.15, 0.2) is 66.3 Å². The van der Waals surface area contributed by atoms with Gasteiger partial charge in [0.25, 0.3) is 5.91 Å². The van der Waals surface area contributed by atoms with E-state index < -0.39 is 53.6 Å². The van der Waals surface area contributed by atoms with Crippen LogP contribution in [0.3, 0.4) is 0 Å². The Morgan fingerprint density at radius 1 is 0.931 bits per heavy atom. The van der Waals surface area contributed by atoms with Crippen molar-refractivity contribution in [3.8, 4) is 0 Å². The highest BCUT2D eigenvalue weighted by Crippen LogP contribution is 2.59. The van der Waals surface area contributed by atoms with E-state index in [9.17, 15) is 24.3 Å². The van der Waals surface area contributed by atoms with Crippen LogP contribution in [-0.2, 0) is 39.8 Å². The Hall–Kier alpha value is -4.36. The van der Waals surface area contributed by atoms with E-state index in [1.807, 2.05) is 30.3 Å². The van der Waals surface area contributed by atoms with Gasteiger partial charge in [0.1, 0.15) is 23.9 Å². The minimum Gasteiger partial charge on any atom is -0.460 e. The van der Waals surface area contributed by atoms with E-state index in [2.05, 4.69) is 22.8 Å². The maximum Gasteiger partial charge on any atom is 0.338 e. The van der Waals surface area contributed by atoms with Crippen molar-refractivity contribution in [3.63, 3.8) is 0 Å². The van der Waals surface area contributed by atoms with Crippen LogP contribution in [0.1, 0.15) is 117 Å². The van der Waals surface area contributed by atoms with Gasteiger partial charge in [-0.25, -0.2) is 4.79 Å². The molecule has 8 rings (SSSR count). The molecular formula is C46H56N2O10. The fourth-order valence-electron chi connectivity index (χ4n) is 8.68. The molecule has 3 N–H and O–H groups in total. The first kappa shape index (κ1) is 40.4. The fourth-order valence-corrected chi connectivity index (χ4v) is 8.68. The molecule has 0 spiro atoms. The first-order valence-electron chi connectivity index (χ1n) is 21.1. The monoisotopic (exact) mass is 796 g/mol. The van der Waals surface area contributed by atoms with Crippen LogP contribution < -0.4 is 10.6 Å². The molecule has 5 fully saturated rings. The van der Waals surface area contributed by atoms with Gasteiger partial charge in [-0.1, -0.05) is 36.4 Å². The number of fused-ring (bicyclic) bond motifs is 2. The zero-order chi connectivity index (χ0) is 40.6. The predicted octanol–water partition coefficient (Wildman–Crippen LogP) is 5.95. The summed E-state index contributed by atoms with van der Waals surface area (Å²) in [5.41, 5.74) is 2.21. The van der Waals surface area contributed by atoms with E-state index in [0.29, 0.717) is 52.2 Å². The second kappa shape index (κ2) is 16.7. The quantitative estimate of drug-likeness (QED) is 0.145. The van der Waals surface area contributed by atoms with Crippen molar-refractivity contribution in [2.45, 2.75) is 139 Å². The number of benzene rings is 2. The molecule has 7 unspecified atom stereocenters. The second-order valence-corrected chi connectivity index (χ2v) is 17.9. The van der Waals surface area contributed by atoms with E-state index in [0.717, 1.165) is 50.5 Å². The van der Waals surface area contributed by atoms with Gasteiger partial charge in [-0.15, -0.1) is 0 Å². The third-order valence-corrected chi connectivity index (χ3v) is 12.0. The number of rotatable bonds is 15. The molecule has 58 heavy (non-hydrogen) atoms. The molecule has 3 saturated carbocycles. The lowest BCUT2D eigenvalue weighted by atomic mass is 9.88. The minimum atomic E-state index is -0.739. The summed E-state index contributed by atoms with van der Waals surface area (Å²) in [7, 11) is 0. The molecule has 12 nitrogen and oxygen atoms in total. The average molecular weight is 797 g/mol. The van der Waals surface area contributed by atoms with Crippen molar-refractivity contribution >= 4 is 29.8 Å². The minimum absolute atomic E-state index is 0.0497. The number of carbonyl (C=O) groups excluding carboxylic acids is 4. The molecule has 2 aromatic carbocycles. The fraction of sp³-hybridized carbons (Fsp3) is 0.565.